The van der Waals surface area contributed by atoms with Gasteiger partial charge in [0.25, 0.3) is 0 Å². The summed E-state index contributed by atoms with van der Waals surface area (Å²) >= 11 is 0. The molecule has 20 heavy (non-hydrogen) atoms. The van der Waals surface area contributed by atoms with Crippen molar-refractivity contribution < 1.29 is 18.9 Å². The fourth-order valence-electron chi connectivity index (χ4n) is 2.08. The van der Waals surface area contributed by atoms with Gasteiger partial charge in [-0.3, -0.25) is 0 Å². The molecule has 0 fully saturated rings. The summed E-state index contributed by atoms with van der Waals surface area (Å²) in [5.41, 5.74) is 3.89. The summed E-state index contributed by atoms with van der Waals surface area (Å²) in [6.07, 6.45) is 0. The zero-order valence-corrected chi connectivity index (χ0v) is 13.3. The predicted octanol–water partition coefficient (Wildman–Crippen LogP) is 1.42. The molecule has 0 saturated heterocycles. The van der Waals surface area contributed by atoms with Crippen LogP contribution in [0, 0.1) is 6.07 Å². The van der Waals surface area contributed by atoms with Gasteiger partial charge in [-0.15, -0.1) is 5.56 Å². The van der Waals surface area contributed by atoms with Gasteiger partial charge in [0.2, 0.25) is 0 Å². The molecule has 100 valence electrons. The number of anilines is 1. The molecule has 0 spiro atoms. The number of rotatable bonds is 3. The van der Waals surface area contributed by atoms with E-state index in [2.05, 4.69) is 81.2 Å². The largest absolute Gasteiger partial charge is 1.00 e. The van der Waals surface area contributed by atoms with Gasteiger partial charge >= 0.3 is 18.9 Å². The van der Waals surface area contributed by atoms with Gasteiger partial charge in [0, 0.05) is 19.3 Å². The molecule has 0 aliphatic rings. The Labute approximate surface area is 135 Å². The molecular weight excluding hydrogens is 237 g/mol. The zero-order valence-electron chi connectivity index (χ0n) is 13.3. The van der Waals surface area contributed by atoms with Crippen LogP contribution in [0.4, 0.5) is 5.69 Å². The molecule has 2 aromatic carbocycles. The minimum atomic E-state index is 0. The molecule has 0 heterocycles. The maximum absolute atomic E-state index is 3.54. The Morgan fingerprint density at radius 1 is 0.950 bits per heavy atom. The first kappa shape index (κ1) is 16.9. The van der Waals surface area contributed by atoms with Crippen molar-refractivity contribution >= 4 is 5.69 Å². The van der Waals surface area contributed by atoms with Crippen molar-refractivity contribution in [2.24, 2.45) is 0 Å². The average molecular weight is 259 g/mol. The molecule has 0 radical (unpaired) electrons. The van der Waals surface area contributed by atoms with E-state index in [-0.39, 0.29) is 24.3 Å². The van der Waals surface area contributed by atoms with Crippen LogP contribution in [0.5, 0.6) is 0 Å². The topological polar surface area (TPSA) is 3.24 Å². The fourth-order valence-corrected chi connectivity index (χ4v) is 2.08. The Bertz CT molecular complexity index is 529. The van der Waals surface area contributed by atoms with E-state index < -0.39 is 0 Å². The van der Waals surface area contributed by atoms with Crippen LogP contribution in [-0.4, -0.2) is 7.05 Å². The molecule has 0 atom stereocenters. The molecule has 2 rings (SSSR count). The maximum Gasteiger partial charge on any atom is 1.00 e. The van der Waals surface area contributed by atoms with Crippen LogP contribution in [0.1, 0.15) is 31.9 Å². The Balaban J connectivity index is 0.00000200. The van der Waals surface area contributed by atoms with E-state index in [1.165, 1.54) is 16.8 Å². The van der Waals surface area contributed by atoms with Gasteiger partial charge in [-0.2, -0.15) is 29.8 Å². The maximum atomic E-state index is 3.54. The van der Waals surface area contributed by atoms with Crippen LogP contribution in [0.25, 0.3) is 0 Å². The first-order valence-corrected chi connectivity index (χ1v) is 6.75. The molecule has 0 bridgehead atoms. The fraction of sp³-hybridized carbons (Fsp3) is 0.333. The van der Waals surface area contributed by atoms with E-state index in [9.17, 15) is 0 Å². The van der Waals surface area contributed by atoms with Crippen LogP contribution in [-0.2, 0) is 12.0 Å². The van der Waals surface area contributed by atoms with Crippen molar-refractivity contribution in [2.75, 3.05) is 11.9 Å². The first-order chi connectivity index (χ1) is 8.97. The molecule has 2 heteroatoms. The van der Waals surface area contributed by atoms with Crippen molar-refractivity contribution in [2.45, 2.75) is 32.7 Å². The van der Waals surface area contributed by atoms with E-state index in [1.54, 1.807) is 0 Å². The quantitative estimate of drug-likeness (QED) is 0.595. The minimum Gasteiger partial charge on any atom is -0.372 e. The molecule has 0 amide bonds. The van der Waals surface area contributed by atoms with E-state index in [1.807, 2.05) is 6.07 Å². The van der Waals surface area contributed by atoms with Crippen molar-refractivity contribution in [1.82, 2.24) is 0 Å². The van der Waals surface area contributed by atoms with Gasteiger partial charge in [-0.25, -0.2) is 0 Å². The Morgan fingerprint density at radius 2 is 1.60 bits per heavy atom. The van der Waals surface area contributed by atoms with Crippen molar-refractivity contribution in [3.8, 4) is 0 Å². The van der Waals surface area contributed by atoms with Crippen LogP contribution in [0.15, 0.2) is 48.5 Å². The molecule has 1 nitrogen and oxygen atoms in total. The minimum absolute atomic E-state index is 0. The number of nitrogens with zero attached hydrogens (tertiary/aromatic N) is 1. The van der Waals surface area contributed by atoms with E-state index >= 15 is 0 Å². The van der Waals surface area contributed by atoms with Gasteiger partial charge in [0.05, 0.1) is 0 Å². The molecule has 0 unspecified atom stereocenters. The predicted molar refractivity (Wildman–Crippen MR) is 82.5 cm³/mol. The second-order valence-electron chi connectivity index (χ2n) is 6.03. The molecular formula is C18H22LiN. The van der Waals surface area contributed by atoms with Crippen LogP contribution in [0.3, 0.4) is 0 Å². The third kappa shape index (κ3) is 4.44. The molecule has 2 aromatic rings. The normalized spacial score (nSPS) is 10.8. The van der Waals surface area contributed by atoms with Crippen molar-refractivity contribution in [3.05, 3.63) is 65.7 Å². The second kappa shape index (κ2) is 7.02. The van der Waals surface area contributed by atoms with Gasteiger partial charge in [-0.05, 0) is 17.5 Å². The zero-order chi connectivity index (χ0) is 13.9. The van der Waals surface area contributed by atoms with Gasteiger partial charge < -0.3 is 4.90 Å². The number of para-hydroxylation sites is 1. The monoisotopic (exact) mass is 259 g/mol. The van der Waals surface area contributed by atoms with Crippen molar-refractivity contribution in [1.29, 1.82) is 0 Å². The standard InChI is InChI=1S/C18H22N.Li/c1-18(2,3)16-10-8-9-15(13-16)14-19(4)17-11-6-5-7-12-17;/h5-12H,14H2,1-4H3;/q-1;+1. The van der Waals surface area contributed by atoms with Crippen LogP contribution >= 0.6 is 0 Å². The molecule has 0 aromatic heterocycles. The summed E-state index contributed by atoms with van der Waals surface area (Å²) < 4.78 is 0. The number of benzene rings is 2. The van der Waals surface area contributed by atoms with Crippen molar-refractivity contribution in [3.63, 3.8) is 0 Å². The van der Waals surface area contributed by atoms with Gasteiger partial charge in [0.1, 0.15) is 0 Å². The Kier molecular flexibility index (Phi) is 5.93. The summed E-state index contributed by atoms with van der Waals surface area (Å²) in [5, 5.41) is 0. The van der Waals surface area contributed by atoms with Crippen LogP contribution < -0.4 is 23.8 Å². The molecule has 0 N–H and O–H groups in total. The van der Waals surface area contributed by atoms with Gasteiger partial charge in [-0.1, -0.05) is 39.0 Å². The second-order valence-corrected chi connectivity index (χ2v) is 6.03. The Morgan fingerprint density at radius 3 is 2.20 bits per heavy atom. The smallest absolute Gasteiger partial charge is 0.372 e. The van der Waals surface area contributed by atoms with E-state index in [0.717, 1.165) is 6.54 Å². The SMILES string of the molecule is CN(Cc1[c-]c(C(C)(C)C)ccc1)c1ccccc1.[Li+]. The summed E-state index contributed by atoms with van der Waals surface area (Å²) in [5.74, 6) is 0. The first-order valence-electron chi connectivity index (χ1n) is 6.75. The summed E-state index contributed by atoms with van der Waals surface area (Å²) in [6.45, 7) is 7.56. The van der Waals surface area contributed by atoms with Gasteiger partial charge in [0.15, 0.2) is 0 Å². The van der Waals surface area contributed by atoms with E-state index in [4.69, 9.17) is 0 Å². The Hall–Kier alpha value is -1.16. The summed E-state index contributed by atoms with van der Waals surface area (Å²) in [6, 6.07) is 20.4. The summed E-state index contributed by atoms with van der Waals surface area (Å²) in [4.78, 5) is 2.25. The molecule has 0 aliphatic carbocycles. The number of hydrogen-bond acceptors (Lipinski definition) is 1. The third-order valence-corrected chi connectivity index (χ3v) is 3.27. The summed E-state index contributed by atoms with van der Waals surface area (Å²) in [7, 11) is 2.12. The molecule has 0 aliphatic heterocycles. The van der Waals surface area contributed by atoms with Crippen LogP contribution in [0.2, 0.25) is 0 Å². The third-order valence-electron chi connectivity index (χ3n) is 3.27. The number of hydrogen-bond donors (Lipinski definition) is 0. The van der Waals surface area contributed by atoms with E-state index in [0.29, 0.717) is 0 Å². The average Bonchev–Trinajstić information content (AvgIpc) is 2.39. The molecule has 0 saturated carbocycles.